The summed E-state index contributed by atoms with van der Waals surface area (Å²) in [5, 5.41) is 2.81. The van der Waals surface area contributed by atoms with Gasteiger partial charge in [-0.3, -0.25) is 4.57 Å². The van der Waals surface area contributed by atoms with Crippen LogP contribution in [0.5, 0.6) is 0 Å². The molecule has 0 radical (unpaired) electrons. The molecule has 0 bridgehead atoms. The van der Waals surface area contributed by atoms with E-state index in [-0.39, 0.29) is 18.1 Å². The lowest BCUT2D eigenvalue weighted by Gasteiger charge is -2.23. The van der Waals surface area contributed by atoms with Crippen molar-refractivity contribution in [3.63, 3.8) is 0 Å². The average molecular weight is 418 g/mol. The molecular formula is C15H15ClF2N5O3P. The van der Waals surface area contributed by atoms with Gasteiger partial charge >= 0.3 is 13.3 Å². The first kappa shape index (κ1) is 19.5. The average Bonchev–Trinajstić information content (AvgIpc) is 2.97. The first-order valence-electron chi connectivity index (χ1n) is 7.53. The van der Waals surface area contributed by atoms with Crippen LogP contribution in [0.15, 0.2) is 42.2 Å². The van der Waals surface area contributed by atoms with E-state index in [4.69, 9.17) is 27.1 Å². The highest BCUT2D eigenvalue weighted by Gasteiger charge is 2.51. The molecule has 0 saturated heterocycles. The van der Waals surface area contributed by atoms with Crippen LogP contribution in [0.3, 0.4) is 0 Å². The minimum absolute atomic E-state index is 0.0542. The highest BCUT2D eigenvalue weighted by atomic mass is 35.5. The second-order valence-corrected chi connectivity index (χ2v) is 7.87. The first-order valence-corrected chi connectivity index (χ1v) is 9.57. The Labute approximate surface area is 157 Å². The second-order valence-electron chi connectivity index (χ2n) is 5.80. The Morgan fingerprint density at radius 2 is 2.11 bits per heavy atom. The number of nitrogens with two attached hydrogens (primary N) is 1. The molecule has 3 rings (SSSR count). The van der Waals surface area contributed by atoms with Crippen molar-refractivity contribution in [1.29, 1.82) is 0 Å². The van der Waals surface area contributed by atoms with E-state index >= 15 is 0 Å². The predicted molar refractivity (Wildman–Crippen MR) is 97.6 cm³/mol. The van der Waals surface area contributed by atoms with Crippen LogP contribution in [0.2, 0.25) is 0 Å². The SMILES string of the molecule is C=C(c1ccccc1Cn1cnc2c1NC(N)=NC2Cl)C(F)(F)P(=O)(O)O. The molecule has 1 aromatic carbocycles. The molecule has 1 aliphatic rings. The molecule has 0 aliphatic carbocycles. The molecule has 0 fully saturated rings. The topological polar surface area (TPSA) is 126 Å². The second kappa shape index (κ2) is 6.72. The molecule has 1 unspecified atom stereocenters. The summed E-state index contributed by atoms with van der Waals surface area (Å²) in [5.74, 6) is 0.527. The number of nitrogens with zero attached hydrogens (tertiary/aromatic N) is 3. The number of anilines is 1. The Morgan fingerprint density at radius 3 is 2.78 bits per heavy atom. The zero-order chi connectivity index (χ0) is 20.0. The number of aliphatic imine (C=N–C) groups is 1. The number of benzene rings is 1. The van der Waals surface area contributed by atoms with Crippen molar-refractivity contribution in [2.24, 2.45) is 10.7 Å². The van der Waals surface area contributed by atoms with E-state index in [0.29, 0.717) is 17.1 Å². The van der Waals surface area contributed by atoms with Gasteiger partial charge in [0, 0.05) is 5.57 Å². The lowest BCUT2D eigenvalue weighted by Crippen LogP contribution is -2.28. The summed E-state index contributed by atoms with van der Waals surface area (Å²) < 4.78 is 41.0. The lowest BCUT2D eigenvalue weighted by atomic mass is 10.0. The third-order valence-electron chi connectivity index (χ3n) is 4.00. The molecular weight excluding hydrogens is 403 g/mol. The molecule has 1 aliphatic heterocycles. The molecule has 5 N–H and O–H groups in total. The fourth-order valence-corrected chi connectivity index (χ4v) is 3.38. The Balaban J connectivity index is 1.98. The van der Waals surface area contributed by atoms with Gasteiger partial charge in [0.15, 0.2) is 11.5 Å². The largest absolute Gasteiger partial charge is 0.399 e. The van der Waals surface area contributed by atoms with Gasteiger partial charge in [-0.1, -0.05) is 42.4 Å². The van der Waals surface area contributed by atoms with Gasteiger partial charge in [0.05, 0.1) is 12.9 Å². The van der Waals surface area contributed by atoms with Gasteiger partial charge in [-0.2, -0.15) is 8.78 Å². The smallest absolute Gasteiger partial charge is 0.370 e. The highest BCUT2D eigenvalue weighted by Crippen LogP contribution is 2.59. The van der Waals surface area contributed by atoms with E-state index in [1.54, 1.807) is 16.7 Å². The summed E-state index contributed by atoms with van der Waals surface area (Å²) in [6.45, 7) is 3.28. The molecule has 0 saturated carbocycles. The van der Waals surface area contributed by atoms with Crippen LogP contribution in [0.25, 0.3) is 5.57 Å². The Morgan fingerprint density at radius 1 is 1.44 bits per heavy atom. The quantitative estimate of drug-likeness (QED) is 0.337. The maximum atomic E-state index is 14.1. The highest BCUT2D eigenvalue weighted by molar-refractivity contribution is 7.53. The number of alkyl halides is 3. The summed E-state index contributed by atoms with van der Waals surface area (Å²) in [7, 11) is -5.73. The molecule has 2 heterocycles. The number of hydrogen-bond acceptors (Lipinski definition) is 5. The summed E-state index contributed by atoms with van der Waals surface area (Å²) >= 11 is 6.07. The van der Waals surface area contributed by atoms with Crippen molar-refractivity contribution >= 4 is 36.5 Å². The van der Waals surface area contributed by atoms with E-state index in [9.17, 15) is 13.3 Å². The van der Waals surface area contributed by atoms with Gasteiger partial charge in [0.25, 0.3) is 0 Å². The van der Waals surface area contributed by atoms with Gasteiger partial charge < -0.3 is 25.4 Å². The van der Waals surface area contributed by atoms with Crippen molar-refractivity contribution in [3.05, 3.63) is 54.0 Å². The first-order chi connectivity index (χ1) is 12.5. The van der Waals surface area contributed by atoms with Crippen LogP contribution in [0.1, 0.15) is 22.3 Å². The van der Waals surface area contributed by atoms with E-state index in [1.807, 2.05) is 0 Å². The standard InChI is InChI=1S/C15H15ClF2N5O3P/c1-8(15(17,18)27(24,25)26)10-5-3-2-4-9(10)6-23-7-20-11-12(16)21-14(19)22-13(11)23/h2-5,7,12H,1,6H2,(H3,19,21,22)(H2,24,25,26). The number of allylic oxidation sites excluding steroid dienone is 1. The molecule has 12 heteroatoms. The number of nitrogens with one attached hydrogen (secondary N) is 1. The van der Waals surface area contributed by atoms with Crippen molar-refractivity contribution in [2.45, 2.75) is 17.7 Å². The molecule has 1 atom stereocenters. The molecule has 2 aromatic rings. The van der Waals surface area contributed by atoms with Crippen LogP contribution in [-0.2, 0) is 11.1 Å². The minimum atomic E-state index is -5.73. The third kappa shape index (κ3) is 3.49. The van der Waals surface area contributed by atoms with Gasteiger partial charge in [-0.05, 0) is 11.1 Å². The summed E-state index contributed by atoms with van der Waals surface area (Å²) in [4.78, 5) is 26.0. The van der Waals surface area contributed by atoms with Crippen molar-refractivity contribution < 1.29 is 23.1 Å². The molecule has 27 heavy (non-hydrogen) atoms. The molecule has 0 spiro atoms. The monoisotopic (exact) mass is 417 g/mol. The molecule has 8 nitrogen and oxygen atoms in total. The normalized spacial score (nSPS) is 17.1. The van der Waals surface area contributed by atoms with E-state index < -0.39 is 24.3 Å². The zero-order valence-electron chi connectivity index (χ0n) is 13.7. The lowest BCUT2D eigenvalue weighted by molar-refractivity contribution is 0.118. The van der Waals surface area contributed by atoms with E-state index in [0.717, 1.165) is 0 Å². The Hall–Kier alpha value is -2.26. The number of halogens is 3. The number of hydrogen-bond donors (Lipinski definition) is 4. The number of aromatic nitrogens is 2. The molecule has 1 aromatic heterocycles. The minimum Gasteiger partial charge on any atom is -0.370 e. The summed E-state index contributed by atoms with van der Waals surface area (Å²) in [6.07, 6.45) is 1.43. The number of imidazole rings is 1. The Kier molecular flexibility index (Phi) is 4.85. The maximum Gasteiger partial charge on any atom is 0.399 e. The number of guanidine groups is 1. The van der Waals surface area contributed by atoms with Crippen LogP contribution in [-0.4, -0.2) is 31.0 Å². The van der Waals surface area contributed by atoms with Crippen molar-refractivity contribution in [3.8, 4) is 0 Å². The van der Waals surface area contributed by atoms with Crippen LogP contribution < -0.4 is 11.1 Å². The summed E-state index contributed by atoms with van der Waals surface area (Å²) in [6, 6.07) is 5.94. The van der Waals surface area contributed by atoms with Gasteiger partial charge in [-0.25, -0.2) is 9.98 Å². The molecule has 144 valence electrons. The fraction of sp³-hybridized carbons (Fsp3) is 0.200. The fourth-order valence-electron chi connectivity index (χ4n) is 2.64. The number of fused-ring (bicyclic) bond motifs is 1. The van der Waals surface area contributed by atoms with E-state index in [1.165, 1.54) is 18.5 Å². The van der Waals surface area contributed by atoms with Crippen molar-refractivity contribution in [1.82, 2.24) is 9.55 Å². The number of rotatable bonds is 5. The zero-order valence-corrected chi connectivity index (χ0v) is 15.3. The van der Waals surface area contributed by atoms with E-state index in [2.05, 4.69) is 21.9 Å². The van der Waals surface area contributed by atoms with Crippen LogP contribution in [0.4, 0.5) is 14.6 Å². The van der Waals surface area contributed by atoms with Gasteiger partial charge in [0.1, 0.15) is 11.5 Å². The maximum absolute atomic E-state index is 14.1. The van der Waals surface area contributed by atoms with Gasteiger partial charge in [0.2, 0.25) is 0 Å². The summed E-state index contributed by atoms with van der Waals surface area (Å²) in [5.41, 5.74) is 0.205. The Bertz CT molecular complexity index is 988. The third-order valence-corrected chi connectivity index (χ3v) is 5.31. The van der Waals surface area contributed by atoms with Crippen LogP contribution in [0, 0.1) is 0 Å². The van der Waals surface area contributed by atoms with Gasteiger partial charge in [-0.15, -0.1) is 0 Å². The van der Waals surface area contributed by atoms with Crippen LogP contribution >= 0.6 is 19.2 Å². The predicted octanol–water partition coefficient (Wildman–Crippen LogP) is 2.69. The van der Waals surface area contributed by atoms with Crippen molar-refractivity contribution in [2.75, 3.05) is 5.32 Å². The molecule has 0 amide bonds.